The first-order valence-corrected chi connectivity index (χ1v) is 44.2. The third kappa shape index (κ3) is 35.3. The fraction of sp³-hybridized carbons (Fsp3) is 0.675. The number of carbonyl (C=O) groups is 17. The van der Waals surface area contributed by atoms with Crippen LogP contribution in [0.4, 0.5) is 0 Å². The maximum Gasteiger partial charge on any atom is 0.270 e. The minimum absolute atomic E-state index is 0.00272. The molecule has 0 unspecified atom stereocenters. The number of aliphatic hydroxyl groups excluding tert-OH is 3. The highest BCUT2D eigenvalue weighted by atomic mass is 16.3. The van der Waals surface area contributed by atoms with Gasteiger partial charge in [0.25, 0.3) is 5.91 Å². The largest absolute Gasteiger partial charge is 0.394 e. The Labute approximate surface area is 754 Å². The van der Waals surface area contributed by atoms with Gasteiger partial charge in [0.1, 0.15) is 88.8 Å². The first kappa shape index (κ1) is 108. The lowest BCUT2D eigenvalue weighted by molar-refractivity contribution is -0.143. The Morgan fingerprint density at radius 2 is 0.992 bits per heavy atom. The molecule has 15 atom stereocenters. The maximum absolute atomic E-state index is 15.1. The van der Waals surface area contributed by atoms with Crippen molar-refractivity contribution in [1.29, 1.82) is 0 Å². The minimum Gasteiger partial charge on any atom is -0.394 e. The van der Waals surface area contributed by atoms with Crippen molar-refractivity contribution in [2.24, 2.45) is 67.7 Å². The number of likely N-dealkylation sites (tertiary alicyclic amines) is 1. The molecule has 0 aromatic carbocycles. The number of nitrogens with one attached hydrogen (secondary N) is 14. The highest BCUT2D eigenvalue weighted by molar-refractivity contribution is 6.03. The summed E-state index contributed by atoms with van der Waals surface area (Å²) in [7, 11) is 0. The number of aliphatic imine (C=N–C) groups is 2. The molecule has 2 aromatic heterocycles. The smallest absolute Gasteiger partial charge is 0.270 e. The molecule has 5 rings (SSSR count). The Balaban J connectivity index is 1.35. The first-order chi connectivity index (χ1) is 61.4. The maximum atomic E-state index is 15.1. The van der Waals surface area contributed by atoms with Crippen LogP contribution in [0.2, 0.25) is 0 Å². The number of hydrogen-bond donors (Lipinski definition) is 25. The lowest BCUT2D eigenvalue weighted by Crippen LogP contribution is -2.66. The number of aliphatic hydroxyl groups is 3. The van der Waals surface area contributed by atoms with E-state index in [0.717, 1.165) is 63.2 Å². The second kappa shape index (κ2) is 53.0. The van der Waals surface area contributed by atoms with E-state index >= 15 is 9.59 Å². The summed E-state index contributed by atoms with van der Waals surface area (Å²) in [5.74, 6) is -17.3. The molecule has 1 aliphatic heterocycles. The third-order valence-electron chi connectivity index (χ3n) is 23.4. The summed E-state index contributed by atoms with van der Waals surface area (Å²) < 4.78 is 0. The average Bonchev–Trinajstić information content (AvgIpc) is 1.63. The molecule has 2 saturated carbocycles. The molecular formula is C83H137N27O20. The zero-order valence-corrected chi connectivity index (χ0v) is 75.2. The Hall–Kier alpha value is -12.3. The van der Waals surface area contributed by atoms with Gasteiger partial charge in [-0.3, -0.25) is 96.5 Å². The lowest BCUT2D eigenvalue weighted by atomic mass is 9.84. The van der Waals surface area contributed by atoms with E-state index in [-0.39, 0.29) is 139 Å². The van der Waals surface area contributed by atoms with Crippen LogP contribution in [0, 0.1) is 11.8 Å². The number of primary amides is 3. The second-order valence-corrected chi connectivity index (χ2v) is 34.4. The number of amides is 17. The van der Waals surface area contributed by atoms with Crippen molar-refractivity contribution in [2.75, 3.05) is 32.8 Å². The van der Waals surface area contributed by atoms with Crippen LogP contribution in [0.25, 0.3) is 0 Å². The number of imidazole rings is 1. The number of carbonyl (C=O) groups excluding carboxylic acids is 17. The van der Waals surface area contributed by atoms with Gasteiger partial charge in [0.2, 0.25) is 94.5 Å². The van der Waals surface area contributed by atoms with Gasteiger partial charge in [-0.15, -0.1) is 0 Å². The highest BCUT2D eigenvalue weighted by Crippen LogP contribution is 2.30. The van der Waals surface area contributed by atoms with Crippen LogP contribution in [-0.4, -0.2) is 276 Å². The van der Waals surface area contributed by atoms with Crippen LogP contribution < -0.4 is 115 Å². The molecule has 3 heterocycles. The van der Waals surface area contributed by atoms with Crippen molar-refractivity contribution in [3.05, 3.63) is 48.3 Å². The molecule has 17 amide bonds. The predicted molar refractivity (Wildman–Crippen MR) is 472 cm³/mol. The number of aromatic amines is 1. The third-order valence-corrected chi connectivity index (χ3v) is 23.4. The Morgan fingerprint density at radius 3 is 1.48 bits per heavy atom. The van der Waals surface area contributed by atoms with Crippen molar-refractivity contribution in [3.63, 3.8) is 0 Å². The average molecular weight is 1830 g/mol. The van der Waals surface area contributed by atoms with Crippen LogP contribution >= 0.6 is 0 Å². The number of hydrogen-bond acceptors (Lipinski definition) is 25. The molecule has 47 nitrogen and oxygen atoms in total. The SMILES string of the molecule is CC[C@](C)(NC(=O)[C@H](CC1CCCCC1)NC(=O)[C@H](Cc1ccncc1)NC(=O)[C@](C)(CC)NC(=O)[C@H]1C[C@H](O)CN1C(=O)[C@H](CO)NC(=O)c1cnc[nH]1)C(=O)N[C@@H](CC(N)=O)C(=O)N[C@@H](CCCCN)C(=O)NC(C)(C)C(=O)N[C@H](C(=O)N[C@@H](CCCN=C(N)N)C(=O)N[C@@H](CCC(N)=O)C(=O)N[C@@H](CCCN=C(N)N)C(=O)N[C@@H](CC1CCCCC1)C(N)=O)[C@@H](C)O. The van der Waals surface area contributed by atoms with Crippen molar-refractivity contribution in [3.8, 4) is 0 Å². The van der Waals surface area contributed by atoms with E-state index in [0.29, 0.717) is 18.4 Å². The van der Waals surface area contributed by atoms with E-state index < -0.39 is 222 Å². The number of H-pyrrole nitrogens is 1. The summed E-state index contributed by atoms with van der Waals surface area (Å²) in [6, 6.07) is -14.0. The molecule has 47 heteroatoms. The van der Waals surface area contributed by atoms with Crippen LogP contribution in [0.3, 0.4) is 0 Å². The van der Waals surface area contributed by atoms with Crippen LogP contribution in [0.5, 0.6) is 0 Å². The van der Waals surface area contributed by atoms with E-state index in [1.165, 1.54) is 59.5 Å². The number of β-amino-alcohol motifs (C(OH)–C–C–N with tert-alkyl or cyclic N) is 1. The number of nitrogens with zero attached hydrogens (tertiary/aromatic N) is 5. The van der Waals surface area contributed by atoms with E-state index in [4.69, 9.17) is 45.9 Å². The summed E-state index contributed by atoms with van der Waals surface area (Å²) in [5, 5.41) is 65.7. The quantitative estimate of drug-likeness (QED) is 0.0166. The molecule has 0 bridgehead atoms. The Morgan fingerprint density at radius 1 is 0.523 bits per heavy atom. The molecule has 2 aromatic rings. The number of aromatic nitrogens is 3. The summed E-state index contributed by atoms with van der Waals surface area (Å²) in [4.78, 5) is 259. The van der Waals surface area contributed by atoms with Crippen molar-refractivity contribution in [2.45, 2.75) is 311 Å². The molecule has 0 spiro atoms. The van der Waals surface area contributed by atoms with E-state index in [1.807, 2.05) is 0 Å². The number of guanidine groups is 2. The molecule has 2 aliphatic carbocycles. The molecule has 1 saturated heterocycles. The zero-order valence-electron chi connectivity index (χ0n) is 75.2. The lowest BCUT2D eigenvalue weighted by Gasteiger charge is -2.35. The molecule has 130 heavy (non-hydrogen) atoms. The Bertz CT molecular complexity index is 4230. The normalized spacial score (nSPS) is 18.2. The summed E-state index contributed by atoms with van der Waals surface area (Å²) >= 11 is 0. The van der Waals surface area contributed by atoms with Gasteiger partial charge in [-0.25, -0.2) is 4.98 Å². The van der Waals surface area contributed by atoms with Gasteiger partial charge >= 0.3 is 0 Å². The topological polar surface area (TPSA) is 785 Å². The monoisotopic (exact) mass is 1830 g/mol. The van der Waals surface area contributed by atoms with Gasteiger partial charge in [-0.05, 0) is 148 Å². The summed E-state index contributed by atoms with van der Waals surface area (Å²) in [5.41, 5.74) is 39.6. The molecule has 724 valence electrons. The fourth-order valence-electron chi connectivity index (χ4n) is 15.3. The van der Waals surface area contributed by atoms with Gasteiger partial charge in [0.15, 0.2) is 11.9 Å². The zero-order chi connectivity index (χ0) is 96.8. The van der Waals surface area contributed by atoms with Crippen molar-refractivity contribution < 1.29 is 96.8 Å². The van der Waals surface area contributed by atoms with Gasteiger partial charge < -0.3 is 140 Å². The van der Waals surface area contributed by atoms with Gasteiger partial charge in [-0.2, -0.15) is 0 Å². The van der Waals surface area contributed by atoms with E-state index in [1.54, 1.807) is 19.1 Å². The number of rotatable bonds is 55. The molecule has 3 aliphatic rings. The second-order valence-electron chi connectivity index (χ2n) is 34.4. The number of nitrogens with two attached hydrogens (primary N) is 8. The Kier molecular flexibility index (Phi) is 44.1. The minimum atomic E-state index is -2.06. The van der Waals surface area contributed by atoms with E-state index in [9.17, 15) is 87.2 Å². The van der Waals surface area contributed by atoms with Crippen LogP contribution in [0.15, 0.2) is 47.0 Å². The molecular weight excluding hydrogens is 1700 g/mol. The van der Waals surface area contributed by atoms with Gasteiger partial charge in [-0.1, -0.05) is 78.1 Å². The molecule has 33 N–H and O–H groups in total. The first-order valence-electron chi connectivity index (χ1n) is 44.2. The summed E-state index contributed by atoms with van der Waals surface area (Å²) in [6.45, 7) is 8.00. The van der Waals surface area contributed by atoms with Gasteiger partial charge in [0, 0.05) is 51.3 Å². The van der Waals surface area contributed by atoms with Crippen molar-refractivity contribution >= 4 is 112 Å². The predicted octanol–water partition coefficient (Wildman–Crippen LogP) is -6.89. The highest BCUT2D eigenvalue weighted by Gasteiger charge is 2.47. The van der Waals surface area contributed by atoms with Gasteiger partial charge in [0.05, 0.1) is 37.8 Å². The number of pyridine rings is 1. The van der Waals surface area contributed by atoms with Crippen LogP contribution in [0.1, 0.15) is 225 Å². The molecule has 3 fully saturated rings. The summed E-state index contributed by atoms with van der Waals surface area (Å²) in [6.07, 6.45) is 8.06. The van der Waals surface area contributed by atoms with Crippen molar-refractivity contribution in [1.82, 2.24) is 89.0 Å². The standard InChI is InChI=1S/C83H137N27O20/c1-8-82(6,108-72(124)56(37-47-22-14-11-15-23-47)102-68(120)55(38-48-29-34-92-35-30-48)104-78(130)83(7,9-2)109-73(125)60-39-49(113)42-110(60)75(127)59(43-111)103-70(122)58-41-93-44-96-58)77(129)105-57(40-62(86)115)69(121)98-52(24-16-17-31-84)71(123)107-81(4,5)76(128)106-63(45(3)112)74(126)100-51(26-19-33-95-80(90)91)65(117)99-53(27-28-61(85)114)67(119)97-50(25-18-32-94-79(88)89)66(118)101-54(64(87)116)36-46-20-12-10-13-21-46/h29-30,34-35,41,44-47,49-57,59-60,63,111-113H,8-28,31-33,36-40,42-43,84H2,1-7H3,(H2,85,114)(H2,86,115)(H2,87,116)(H,93,96)(H,97,119)(H,98,121)(H,99,117)(H,100,126)(H,101,118)(H,102,120)(H,103,122)(H,104,130)(H,105,129)(H,106,128)(H,107,123)(H,108,124)(H,109,125)(H4,88,89,94)(H4,90,91,95)/t45-,49+,50+,51+,52+,53+,54+,55+,56+,57+,59+,60-,63+,82+,83+/m1/s1. The molecule has 0 radical (unpaired) electrons. The number of unbranched alkanes of at least 4 members (excludes halogenated alkanes) is 1. The van der Waals surface area contributed by atoms with Crippen LogP contribution in [-0.2, 0) is 83.1 Å². The van der Waals surface area contributed by atoms with E-state index in [2.05, 4.69) is 94.1 Å². The fourth-order valence-corrected chi connectivity index (χ4v) is 15.3.